The molecule has 0 bridgehead atoms. The van der Waals surface area contributed by atoms with E-state index in [9.17, 15) is 0 Å². The fourth-order valence-electron chi connectivity index (χ4n) is 1.87. The van der Waals surface area contributed by atoms with E-state index < -0.39 is 0 Å². The van der Waals surface area contributed by atoms with Crippen molar-refractivity contribution in [2.45, 2.75) is 13.0 Å². The molecule has 1 aromatic heterocycles. The average molecular weight is 261 g/mol. The van der Waals surface area contributed by atoms with Gasteiger partial charge in [-0.3, -0.25) is 4.68 Å². The molecule has 5 heteroatoms. The highest BCUT2D eigenvalue weighted by molar-refractivity contribution is 5.40. The Kier molecular flexibility index (Phi) is 4.41. The molecule has 0 aliphatic carbocycles. The summed E-state index contributed by atoms with van der Waals surface area (Å²) in [6, 6.07) is 7.69. The van der Waals surface area contributed by atoms with Crippen molar-refractivity contribution in [2.75, 3.05) is 13.7 Å². The van der Waals surface area contributed by atoms with E-state index in [4.69, 9.17) is 15.2 Å². The van der Waals surface area contributed by atoms with Crippen LogP contribution in [0.5, 0.6) is 11.5 Å². The Morgan fingerprint density at radius 2 is 2.16 bits per heavy atom. The second kappa shape index (κ2) is 6.24. The summed E-state index contributed by atoms with van der Waals surface area (Å²) < 4.78 is 12.8. The van der Waals surface area contributed by atoms with Crippen LogP contribution in [0, 0.1) is 0 Å². The first-order valence-electron chi connectivity index (χ1n) is 6.21. The number of rotatable bonds is 6. The molecule has 0 radical (unpaired) electrons. The number of hydrogen-bond acceptors (Lipinski definition) is 4. The number of aryl methyl sites for hydroxylation is 1. The minimum atomic E-state index is 0.449. The zero-order chi connectivity index (χ0) is 13.7. The lowest BCUT2D eigenvalue weighted by Crippen LogP contribution is -2.06. The molecule has 0 unspecified atom stereocenters. The van der Waals surface area contributed by atoms with Crippen molar-refractivity contribution in [2.24, 2.45) is 12.8 Å². The molecule has 102 valence electrons. The third-order valence-corrected chi connectivity index (χ3v) is 2.83. The highest BCUT2D eigenvalue weighted by Gasteiger charge is 2.06. The third kappa shape index (κ3) is 3.48. The first-order valence-corrected chi connectivity index (χ1v) is 6.21. The smallest absolute Gasteiger partial charge is 0.132 e. The van der Waals surface area contributed by atoms with Crippen LogP contribution in [0.15, 0.2) is 30.5 Å². The van der Waals surface area contributed by atoms with Crippen LogP contribution in [0.2, 0.25) is 0 Å². The van der Waals surface area contributed by atoms with Crippen molar-refractivity contribution in [1.29, 1.82) is 0 Å². The molecule has 1 aromatic carbocycles. The second-order valence-corrected chi connectivity index (χ2v) is 4.28. The molecule has 0 aliphatic heterocycles. The van der Waals surface area contributed by atoms with Gasteiger partial charge in [0.25, 0.3) is 0 Å². The van der Waals surface area contributed by atoms with Gasteiger partial charge in [-0.2, -0.15) is 5.10 Å². The molecule has 0 saturated carbocycles. The largest absolute Gasteiger partial charge is 0.497 e. The Morgan fingerprint density at radius 3 is 2.79 bits per heavy atom. The molecule has 2 rings (SSSR count). The van der Waals surface area contributed by atoms with E-state index in [0.717, 1.165) is 29.2 Å². The molecule has 1 heterocycles. The van der Waals surface area contributed by atoms with Crippen LogP contribution in [0.4, 0.5) is 0 Å². The predicted octanol–water partition coefficient (Wildman–Crippen LogP) is 1.51. The van der Waals surface area contributed by atoms with Crippen LogP contribution in [0.25, 0.3) is 0 Å². The maximum atomic E-state index is 5.80. The van der Waals surface area contributed by atoms with Crippen molar-refractivity contribution in [1.82, 2.24) is 9.78 Å². The maximum absolute atomic E-state index is 5.80. The van der Waals surface area contributed by atoms with E-state index in [1.54, 1.807) is 11.8 Å². The van der Waals surface area contributed by atoms with E-state index in [1.807, 2.05) is 37.5 Å². The van der Waals surface area contributed by atoms with Crippen LogP contribution in [-0.4, -0.2) is 23.4 Å². The SMILES string of the molecule is COc1ccc(OCc2ccn(C)n2)c(CCN)c1. The zero-order valence-corrected chi connectivity index (χ0v) is 11.3. The van der Waals surface area contributed by atoms with Gasteiger partial charge in [0.2, 0.25) is 0 Å². The fourth-order valence-corrected chi connectivity index (χ4v) is 1.87. The standard InChI is InChI=1S/C14H19N3O2/c1-17-8-6-12(16-17)10-19-14-4-3-13(18-2)9-11(14)5-7-15/h3-4,6,8-9H,5,7,10,15H2,1-2H3. The van der Waals surface area contributed by atoms with Gasteiger partial charge in [-0.05, 0) is 42.8 Å². The number of hydrogen-bond donors (Lipinski definition) is 1. The summed E-state index contributed by atoms with van der Waals surface area (Å²) in [7, 11) is 3.53. The average Bonchev–Trinajstić information content (AvgIpc) is 2.83. The van der Waals surface area contributed by atoms with Gasteiger partial charge in [0.1, 0.15) is 18.1 Å². The van der Waals surface area contributed by atoms with Crippen molar-refractivity contribution in [3.63, 3.8) is 0 Å². The molecule has 19 heavy (non-hydrogen) atoms. The van der Waals surface area contributed by atoms with Crippen LogP contribution in [0.1, 0.15) is 11.3 Å². The molecule has 2 aromatic rings. The lowest BCUT2D eigenvalue weighted by Gasteiger charge is -2.11. The maximum Gasteiger partial charge on any atom is 0.132 e. The van der Waals surface area contributed by atoms with E-state index in [1.165, 1.54) is 0 Å². The third-order valence-electron chi connectivity index (χ3n) is 2.83. The molecule has 0 atom stereocenters. The summed E-state index contributed by atoms with van der Waals surface area (Å²) in [5.41, 5.74) is 7.57. The summed E-state index contributed by atoms with van der Waals surface area (Å²) in [6.45, 7) is 1.03. The number of methoxy groups -OCH3 is 1. The van der Waals surface area contributed by atoms with Crippen LogP contribution in [0.3, 0.4) is 0 Å². The summed E-state index contributed by atoms with van der Waals surface area (Å²) in [4.78, 5) is 0. The van der Waals surface area contributed by atoms with E-state index in [0.29, 0.717) is 13.2 Å². The molecule has 0 fully saturated rings. The second-order valence-electron chi connectivity index (χ2n) is 4.28. The minimum absolute atomic E-state index is 0.449. The Labute approximate surface area is 112 Å². The quantitative estimate of drug-likeness (QED) is 0.856. The number of benzene rings is 1. The minimum Gasteiger partial charge on any atom is -0.497 e. The van der Waals surface area contributed by atoms with Crippen molar-refractivity contribution in [3.05, 3.63) is 41.7 Å². The normalized spacial score (nSPS) is 10.5. The van der Waals surface area contributed by atoms with Crippen LogP contribution < -0.4 is 15.2 Å². The summed E-state index contributed by atoms with van der Waals surface area (Å²) >= 11 is 0. The van der Waals surface area contributed by atoms with Gasteiger partial charge >= 0.3 is 0 Å². The number of aromatic nitrogens is 2. The lowest BCUT2D eigenvalue weighted by molar-refractivity contribution is 0.296. The lowest BCUT2D eigenvalue weighted by atomic mass is 10.1. The number of nitrogens with two attached hydrogens (primary N) is 1. The number of ether oxygens (including phenoxy) is 2. The van der Waals surface area contributed by atoms with Crippen molar-refractivity contribution in [3.8, 4) is 11.5 Å². The molecule has 0 aliphatic rings. The molecule has 5 nitrogen and oxygen atoms in total. The molecular formula is C14H19N3O2. The Bertz CT molecular complexity index is 537. The van der Waals surface area contributed by atoms with Gasteiger partial charge in [-0.1, -0.05) is 0 Å². The van der Waals surface area contributed by atoms with Crippen molar-refractivity contribution < 1.29 is 9.47 Å². The topological polar surface area (TPSA) is 62.3 Å². The fraction of sp³-hybridized carbons (Fsp3) is 0.357. The number of nitrogens with zero attached hydrogens (tertiary/aromatic N) is 2. The first-order chi connectivity index (χ1) is 9.22. The van der Waals surface area contributed by atoms with E-state index in [2.05, 4.69) is 5.10 Å². The Hall–Kier alpha value is -2.01. The summed E-state index contributed by atoms with van der Waals surface area (Å²) in [5, 5.41) is 4.28. The summed E-state index contributed by atoms with van der Waals surface area (Å²) in [6.07, 6.45) is 2.66. The van der Waals surface area contributed by atoms with Crippen LogP contribution in [-0.2, 0) is 20.1 Å². The monoisotopic (exact) mass is 261 g/mol. The van der Waals surface area contributed by atoms with Gasteiger partial charge in [0.05, 0.1) is 12.8 Å². The first kappa shape index (κ1) is 13.4. The highest BCUT2D eigenvalue weighted by atomic mass is 16.5. The highest BCUT2D eigenvalue weighted by Crippen LogP contribution is 2.25. The van der Waals surface area contributed by atoms with Gasteiger partial charge in [0, 0.05) is 13.2 Å². The Balaban J connectivity index is 2.10. The van der Waals surface area contributed by atoms with Crippen molar-refractivity contribution >= 4 is 0 Å². The summed E-state index contributed by atoms with van der Waals surface area (Å²) in [5.74, 6) is 1.64. The van der Waals surface area contributed by atoms with Gasteiger partial charge in [0.15, 0.2) is 0 Å². The van der Waals surface area contributed by atoms with E-state index in [-0.39, 0.29) is 0 Å². The van der Waals surface area contributed by atoms with Gasteiger partial charge < -0.3 is 15.2 Å². The molecule has 0 saturated heterocycles. The van der Waals surface area contributed by atoms with Gasteiger partial charge in [-0.25, -0.2) is 0 Å². The Morgan fingerprint density at radius 1 is 1.32 bits per heavy atom. The predicted molar refractivity (Wildman–Crippen MR) is 73.3 cm³/mol. The van der Waals surface area contributed by atoms with E-state index >= 15 is 0 Å². The molecule has 0 amide bonds. The van der Waals surface area contributed by atoms with Crippen LogP contribution >= 0.6 is 0 Å². The zero-order valence-electron chi connectivity index (χ0n) is 11.3. The molecule has 0 spiro atoms. The molecular weight excluding hydrogens is 242 g/mol. The molecule has 2 N–H and O–H groups in total. The van der Waals surface area contributed by atoms with Gasteiger partial charge in [-0.15, -0.1) is 0 Å².